The van der Waals surface area contributed by atoms with Crippen LogP contribution < -0.4 is 0 Å². The van der Waals surface area contributed by atoms with E-state index in [1.165, 1.54) is 29.5 Å². The van der Waals surface area contributed by atoms with Crippen molar-refractivity contribution < 1.29 is 14.2 Å². The second-order valence-corrected chi connectivity index (χ2v) is 7.77. The van der Waals surface area contributed by atoms with Gasteiger partial charge in [0.1, 0.15) is 0 Å². The second kappa shape index (κ2) is 4.65. The van der Waals surface area contributed by atoms with Crippen molar-refractivity contribution in [2.75, 3.05) is 26.4 Å². The number of rotatable bonds is 5. The standard InChI is InChI=1S/C13H24O3Si/c1-2-13(7-15-8-13)6-14-5-9-3-11-12(17)4-10(9)16-11/h9-12H,2-8H2,1,17H3. The molecular weight excluding hydrogens is 232 g/mol. The van der Waals surface area contributed by atoms with Gasteiger partial charge in [-0.15, -0.1) is 0 Å². The van der Waals surface area contributed by atoms with Crippen molar-refractivity contribution in [1.82, 2.24) is 0 Å². The van der Waals surface area contributed by atoms with Crippen molar-refractivity contribution in [3.05, 3.63) is 0 Å². The molecule has 0 aliphatic carbocycles. The summed E-state index contributed by atoms with van der Waals surface area (Å²) in [6.45, 7) is 5.79. The molecule has 98 valence electrons. The number of ether oxygens (including phenoxy) is 3. The Morgan fingerprint density at radius 1 is 1.29 bits per heavy atom. The van der Waals surface area contributed by atoms with Crippen molar-refractivity contribution in [2.24, 2.45) is 11.3 Å². The number of hydrogen-bond acceptors (Lipinski definition) is 3. The monoisotopic (exact) mass is 256 g/mol. The summed E-state index contributed by atoms with van der Waals surface area (Å²) >= 11 is 0. The van der Waals surface area contributed by atoms with Gasteiger partial charge in [0.2, 0.25) is 0 Å². The molecule has 2 bridgehead atoms. The Morgan fingerprint density at radius 2 is 2.12 bits per heavy atom. The molecule has 0 aromatic rings. The summed E-state index contributed by atoms with van der Waals surface area (Å²) in [4.78, 5) is 0. The molecule has 0 N–H and O–H groups in total. The maximum Gasteiger partial charge on any atom is 0.0630 e. The molecule has 0 amide bonds. The fourth-order valence-corrected chi connectivity index (χ4v) is 4.25. The van der Waals surface area contributed by atoms with Crippen molar-refractivity contribution >= 4 is 10.2 Å². The van der Waals surface area contributed by atoms with Gasteiger partial charge in [0.25, 0.3) is 0 Å². The van der Waals surface area contributed by atoms with E-state index in [4.69, 9.17) is 14.2 Å². The first-order chi connectivity index (χ1) is 8.22. The zero-order chi connectivity index (χ0) is 11.9. The van der Waals surface area contributed by atoms with Gasteiger partial charge in [0.05, 0.1) is 38.6 Å². The molecule has 3 rings (SSSR count). The lowest BCUT2D eigenvalue weighted by molar-refractivity contribution is -0.153. The Balaban J connectivity index is 1.41. The normalized spacial score (nSPS) is 42.9. The van der Waals surface area contributed by atoms with Gasteiger partial charge in [-0.3, -0.25) is 0 Å². The molecule has 3 heterocycles. The molecule has 0 saturated carbocycles. The minimum absolute atomic E-state index is 0.332. The SMILES string of the molecule is CCC1(COCC2CC3OC2CC3[SiH3])COC1. The summed E-state index contributed by atoms with van der Waals surface area (Å²) in [5.74, 6) is 0.667. The van der Waals surface area contributed by atoms with Crippen molar-refractivity contribution in [2.45, 2.75) is 43.9 Å². The molecule has 3 nitrogen and oxygen atoms in total. The molecular formula is C13H24O3Si. The van der Waals surface area contributed by atoms with Crippen LogP contribution in [0.4, 0.5) is 0 Å². The highest BCUT2D eigenvalue weighted by Crippen LogP contribution is 2.44. The van der Waals surface area contributed by atoms with Crippen LogP contribution in [0.2, 0.25) is 5.54 Å². The zero-order valence-electron chi connectivity index (χ0n) is 11.0. The second-order valence-electron chi connectivity index (χ2n) is 6.28. The Kier molecular flexibility index (Phi) is 3.32. The quantitative estimate of drug-likeness (QED) is 0.680. The molecule has 0 radical (unpaired) electrons. The summed E-state index contributed by atoms with van der Waals surface area (Å²) in [6.07, 6.45) is 4.80. The fraction of sp³-hybridized carbons (Fsp3) is 1.00. The van der Waals surface area contributed by atoms with Crippen LogP contribution in [-0.4, -0.2) is 48.9 Å². The van der Waals surface area contributed by atoms with Gasteiger partial charge < -0.3 is 14.2 Å². The molecule has 4 heteroatoms. The highest BCUT2D eigenvalue weighted by molar-refractivity contribution is 6.12. The molecule has 4 unspecified atom stereocenters. The highest BCUT2D eigenvalue weighted by atomic mass is 28.1. The summed E-state index contributed by atoms with van der Waals surface area (Å²) in [5, 5.41) is 0. The number of fused-ring (bicyclic) bond motifs is 2. The lowest BCUT2D eigenvalue weighted by Gasteiger charge is -2.40. The number of hydrogen-bond donors (Lipinski definition) is 0. The van der Waals surface area contributed by atoms with Crippen LogP contribution in [0.15, 0.2) is 0 Å². The Labute approximate surface area is 107 Å². The highest BCUT2D eigenvalue weighted by Gasteiger charge is 2.45. The maximum absolute atomic E-state index is 5.98. The molecule has 0 aromatic heterocycles. The summed E-state index contributed by atoms with van der Waals surface area (Å²) in [7, 11) is 1.29. The van der Waals surface area contributed by atoms with Gasteiger partial charge in [0.15, 0.2) is 0 Å². The third kappa shape index (κ3) is 2.20. The molecule has 4 atom stereocenters. The van der Waals surface area contributed by atoms with Crippen molar-refractivity contribution in [3.8, 4) is 0 Å². The minimum atomic E-state index is 0.332. The van der Waals surface area contributed by atoms with Crippen LogP contribution in [-0.2, 0) is 14.2 Å². The van der Waals surface area contributed by atoms with E-state index in [1.807, 2.05) is 0 Å². The predicted octanol–water partition coefficient (Wildman–Crippen LogP) is 0.761. The van der Waals surface area contributed by atoms with Crippen molar-refractivity contribution in [3.63, 3.8) is 0 Å². The van der Waals surface area contributed by atoms with Crippen molar-refractivity contribution in [1.29, 1.82) is 0 Å². The van der Waals surface area contributed by atoms with Crippen LogP contribution in [0.5, 0.6) is 0 Å². The predicted molar refractivity (Wildman–Crippen MR) is 69.4 cm³/mol. The van der Waals surface area contributed by atoms with E-state index < -0.39 is 0 Å². The van der Waals surface area contributed by atoms with Gasteiger partial charge in [-0.05, 0) is 24.8 Å². The van der Waals surface area contributed by atoms with E-state index in [0.717, 1.165) is 32.0 Å². The molecule has 0 spiro atoms. The van der Waals surface area contributed by atoms with E-state index in [-0.39, 0.29) is 0 Å². The summed E-state index contributed by atoms with van der Waals surface area (Å²) in [5.41, 5.74) is 1.23. The van der Waals surface area contributed by atoms with Crippen LogP contribution in [0.3, 0.4) is 0 Å². The Morgan fingerprint density at radius 3 is 2.59 bits per heavy atom. The lowest BCUT2D eigenvalue weighted by Crippen LogP contribution is -2.46. The molecule has 3 saturated heterocycles. The molecule has 17 heavy (non-hydrogen) atoms. The fourth-order valence-electron chi connectivity index (χ4n) is 3.36. The third-order valence-electron chi connectivity index (χ3n) is 4.96. The molecule has 3 fully saturated rings. The maximum atomic E-state index is 5.98. The molecule has 3 aliphatic rings. The minimum Gasteiger partial charge on any atom is -0.380 e. The van der Waals surface area contributed by atoms with E-state index >= 15 is 0 Å². The molecule has 0 aromatic carbocycles. The average molecular weight is 256 g/mol. The first-order valence-corrected chi connectivity index (χ1v) is 8.19. The van der Waals surface area contributed by atoms with Gasteiger partial charge in [-0.1, -0.05) is 6.92 Å². The zero-order valence-corrected chi connectivity index (χ0v) is 13.0. The van der Waals surface area contributed by atoms with E-state index in [2.05, 4.69) is 6.92 Å². The summed E-state index contributed by atoms with van der Waals surface area (Å²) < 4.78 is 17.2. The van der Waals surface area contributed by atoms with Crippen LogP contribution in [0.25, 0.3) is 0 Å². The third-order valence-corrected chi connectivity index (χ3v) is 6.17. The van der Waals surface area contributed by atoms with E-state index in [9.17, 15) is 0 Å². The van der Waals surface area contributed by atoms with Crippen LogP contribution >= 0.6 is 0 Å². The molecule has 3 aliphatic heterocycles. The topological polar surface area (TPSA) is 27.7 Å². The van der Waals surface area contributed by atoms with E-state index in [1.54, 1.807) is 0 Å². The van der Waals surface area contributed by atoms with Gasteiger partial charge in [-0.25, -0.2) is 0 Å². The van der Waals surface area contributed by atoms with Crippen LogP contribution in [0, 0.1) is 11.3 Å². The first kappa shape index (κ1) is 12.1. The summed E-state index contributed by atoms with van der Waals surface area (Å²) in [6, 6.07) is 0. The van der Waals surface area contributed by atoms with Gasteiger partial charge >= 0.3 is 0 Å². The largest absolute Gasteiger partial charge is 0.380 e. The van der Waals surface area contributed by atoms with Crippen LogP contribution in [0.1, 0.15) is 26.2 Å². The Hall–Kier alpha value is 0.0969. The average Bonchev–Trinajstić information content (AvgIpc) is 2.81. The Bertz CT molecular complexity index is 272. The lowest BCUT2D eigenvalue weighted by atomic mass is 9.84. The first-order valence-electron chi connectivity index (χ1n) is 7.03. The van der Waals surface area contributed by atoms with Gasteiger partial charge in [-0.2, -0.15) is 0 Å². The van der Waals surface area contributed by atoms with Gasteiger partial charge in [0, 0.05) is 21.6 Å². The van der Waals surface area contributed by atoms with E-state index in [0.29, 0.717) is 23.5 Å². The smallest absolute Gasteiger partial charge is 0.0630 e.